The van der Waals surface area contributed by atoms with Crippen LogP contribution >= 0.6 is 0 Å². The number of aromatic nitrogens is 3. The Morgan fingerprint density at radius 1 is 1.21 bits per heavy atom. The lowest BCUT2D eigenvalue weighted by atomic mass is 10.1. The fraction of sp³-hybridized carbons (Fsp3) is 0.333. The monoisotopic (exact) mass is 393 g/mol. The number of nitrogens with zero attached hydrogens (tertiary/aromatic N) is 5. The van der Waals surface area contributed by atoms with Gasteiger partial charge in [0.25, 0.3) is 5.91 Å². The van der Waals surface area contributed by atoms with Gasteiger partial charge in [-0.15, -0.1) is 5.10 Å². The highest BCUT2D eigenvalue weighted by Gasteiger charge is 2.40. The van der Waals surface area contributed by atoms with E-state index >= 15 is 0 Å². The lowest BCUT2D eigenvalue weighted by Gasteiger charge is -2.27. The van der Waals surface area contributed by atoms with Crippen molar-refractivity contribution in [3.63, 3.8) is 0 Å². The smallest absolute Gasteiger partial charge is 0.273 e. The van der Waals surface area contributed by atoms with Crippen molar-refractivity contribution in [1.82, 2.24) is 24.8 Å². The molecule has 1 fully saturated rings. The van der Waals surface area contributed by atoms with Gasteiger partial charge in [0.15, 0.2) is 5.82 Å². The highest BCUT2D eigenvalue weighted by molar-refractivity contribution is 5.93. The molecule has 3 rings (SSSR count). The highest BCUT2D eigenvalue weighted by atomic mass is 19.4. The van der Waals surface area contributed by atoms with Crippen LogP contribution in [0.2, 0.25) is 0 Å². The van der Waals surface area contributed by atoms with Crippen molar-refractivity contribution in [3.05, 3.63) is 41.7 Å². The molecule has 1 saturated heterocycles. The quantitative estimate of drug-likeness (QED) is 0.749. The van der Waals surface area contributed by atoms with Crippen LogP contribution in [0, 0.1) is 13.8 Å². The summed E-state index contributed by atoms with van der Waals surface area (Å²) in [6.07, 6.45) is -0.998. The van der Waals surface area contributed by atoms with Gasteiger partial charge in [0, 0.05) is 24.3 Å². The number of carbonyl (C=O) groups is 2. The molecule has 2 amide bonds. The van der Waals surface area contributed by atoms with Gasteiger partial charge in [-0.1, -0.05) is 17.2 Å². The van der Waals surface area contributed by atoms with E-state index in [9.17, 15) is 22.8 Å². The Labute approximate surface area is 159 Å². The molecule has 0 aliphatic carbocycles. The van der Waals surface area contributed by atoms with Crippen molar-refractivity contribution in [1.29, 1.82) is 0 Å². The molecule has 1 aliphatic rings. The predicted molar refractivity (Wildman–Crippen MR) is 94.4 cm³/mol. The molecule has 7 nitrogen and oxygen atoms in total. The molecular formula is C18H18F3N5O2. The zero-order chi connectivity index (χ0) is 20.5. The Kier molecular flexibility index (Phi) is 5.21. The fourth-order valence-corrected chi connectivity index (χ4v) is 2.97. The average molecular weight is 393 g/mol. The molecule has 0 spiro atoms. The SMILES string of the molecule is Cc1cc(C)cc(-c2ncn(/C=C\C(=O)N3CCC(=O)N3CC(F)(F)F)n2)c1. The van der Waals surface area contributed by atoms with E-state index < -0.39 is 24.5 Å². The van der Waals surface area contributed by atoms with E-state index in [1.54, 1.807) is 0 Å². The Morgan fingerprint density at radius 3 is 2.54 bits per heavy atom. The van der Waals surface area contributed by atoms with E-state index in [1.807, 2.05) is 32.0 Å². The second kappa shape index (κ2) is 7.45. The van der Waals surface area contributed by atoms with Gasteiger partial charge in [-0.25, -0.2) is 19.7 Å². The topological polar surface area (TPSA) is 71.3 Å². The largest absolute Gasteiger partial charge is 0.408 e. The molecule has 0 saturated carbocycles. The highest BCUT2D eigenvalue weighted by Crippen LogP contribution is 2.22. The van der Waals surface area contributed by atoms with Crippen molar-refractivity contribution in [2.24, 2.45) is 0 Å². The zero-order valence-corrected chi connectivity index (χ0v) is 15.3. The molecule has 2 heterocycles. The van der Waals surface area contributed by atoms with E-state index in [2.05, 4.69) is 10.1 Å². The molecule has 1 aromatic heterocycles. The lowest BCUT2D eigenvalue weighted by Crippen LogP contribution is -2.46. The van der Waals surface area contributed by atoms with E-state index in [0.29, 0.717) is 10.8 Å². The van der Waals surface area contributed by atoms with Gasteiger partial charge in [0.2, 0.25) is 5.91 Å². The maximum atomic E-state index is 12.6. The van der Waals surface area contributed by atoms with Crippen molar-refractivity contribution < 1.29 is 22.8 Å². The molecule has 0 unspecified atom stereocenters. The lowest BCUT2D eigenvalue weighted by molar-refractivity contribution is -0.184. The van der Waals surface area contributed by atoms with Gasteiger partial charge in [-0.2, -0.15) is 13.2 Å². The van der Waals surface area contributed by atoms with Gasteiger partial charge in [0.1, 0.15) is 12.9 Å². The van der Waals surface area contributed by atoms with Crippen molar-refractivity contribution in [3.8, 4) is 11.4 Å². The first-order valence-corrected chi connectivity index (χ1v) is 8.49. The van der Waals surface area contributed by atoms with Crippen LogP contribution in [-0.4, -0.2) is 55.9 Å². The van der Waals surface area contributed by atoms with Crippen LogP contribution in [0.1, 0.15) is 17.5 Å². The van der Waals surface area contributed by atoms with Gasteiger partial charge in [0.05, 0.1) is 6.54 Å². The summed E-state index contributed by atoms with van der Waals surface area (Å²) < 4.78 is 39.1. The van der Waals surface area contributed by atoms with Crippen LogP contribution < -0.4 is 0 Å². The molecule has 0 radical (unpaired) electrons. The molecule has 28 heavy (non-hydrogen) atoms. The second-order valence-corrected chi connectivity index (χ2v) is 6.52. The molecule has 1 aromatic carbocycles. The minimum absolute atomic E-state index is 0.0940. The van der Waals surface area contributed by atoms with E-state index in [1.165, 1.54) is 17.2 Å². The van der Waals surface area contributed by atoms with Crippen molar-refractivity contribution in [2.45, 2.75) is 26.4 Å². The summed E-state index contributed by atoms with van der Waals surface area (Å²) in [4.78, 5) is 28.1. The van der Waals surface area contributed by atoms with Crippen LogP contribution in [0.25, 0.3) is 17.6 Å². The third kappa shape index (κ3) is 4.56. The van der Waals surface area contributed by atoms with Crippen LogP contribution in [0.5, 0.6) is 0 Å². The summed E-state index contributed by atoms with van der Waals surface area (Å²) >= 11 is 0. The van der Waals surface area contributed by atoms with Gasteiger partial charge in [-0.3, -0.25) is 9.59 Å². The Morgan fingerprint density at radius 2 is 1.89 bits per heavy atom. The normalized spacial score (nSPS) is 15.1. The van der Waals surface area contributed by atoms with Crippen LogP contribution in [0.4, 0.5) is 13.2 Å². The molecule has 148 valence electrons. The second-order valence-electron chi connectivity index (χ2n) is 6.52. The van der Waals surface area contributed by atoms with Crippen LogP contribution in [0.15, 0.2) is 30.6 Å². The Bertz CT molecular complexity index is 915. The molecule has 1 aliphatic heterocycles. The first-order valence-electron chi connectivity index (χ1n) is 8.49. The van der Waals surface area contributed by atoms with Gasteiger partial charge < -0.3 is 0 Å². The number of rotatable bonds is 4. The summed E-state index contributed by atoms with van der Waals surface area (Å²) in [5.41, 5.74) is 2.93. The minimum atomic E-state index is -4.59. The summed E-state index contributed by atoms with van der Waals surface area (Å²) in [5, 5.41) is 5.45. The first-order chi connectivity index (χ1) is 13.1. The third-order valence-electron chi connectivity index (χ3n) is 4.06. The van der Waals surface area contributed by atoms with Crippen LogP contribution in [-0.2, 0) is 9.59 Å². The summed E-state index contributed by atoms with van der Waals surface area (Å²) in [6, 6.07) is 5.86. The number of benzene rings is 1. The summed E-state index contributed by atoms with van der Waals surface area (Å²) in [6.45, 7) is 2.32. The Balaban J connectivity index is 1.72. The van der Waals surface area contributed by atoms with E-state index in [0.717, 1.165) is 27.8 Å². The number of aryl methyl sites for hydroxylation is 2. The van der Waals surface area contributed by atoms with Crippen LogP contribution in [0.3, 0.4) is 0 Å². The maximum Gasteiger partial charge on any atom is 0.408 e. The molecule has 0 atom stereocenters. The zero-order valence-electron chi connectivity index (χ0n) is 15.3. The van der Waals surface area contributed by atoms with Crippen molar-refractivity contribution in [2.75, 3.05) is 13.1 Å². The fourth-order valence-electron chi connectivity index (χ4n) is 2.97. The van der Waals surface area contributed by atoms with E-state index in [4.69, 9.17) is 0 Å². The van der Waals surface area contributed by atoms with Gasteiger partial charge >= 0.3 is 6.18 Å². The number of hydrogen-bond donors (Lipinski definition) is 0. The maximum absolute atomic E-state index is 12.6. The van der Waals surface area contributed by atoms with Crippen molar-refractivity contribution >= 4 is 18.0 Å². The van der Waals surface area contributed by atoms with Gasteiger partial charge in [-0.05, 0) is 26.0 Å². The minimum Gasteiger partial charge on any atom is -0.273 e. The predicted octanol–water partition coefficient (Wildman–Crippen LogP) is 2.57. The molecule has 10 heteroatoms. The number of hydrogen-bond acceptors (Lipinski definition) is 4. The first kappa shape index (κ1) is 19.6. The molecule has 2 aromatic rings. The molecule has 0 bridgehead atoms. The third-order valence-corrected chi connectivity index (χ3v) is 4.06. The Hall–Kier alpha value is -3.17. The average Bonchev–Trinajstić information content (AvgIpc) is 3.18. The number of alkyl halides is 3. The standard InChI is InChI=1S/C18H18F3N5O2/c1-12-7-13(2)9-14(8-12)17-22-11-24(23-17)5-3-15(27)25-6-4-16(28)26(25)10-18(19,20)21/h3,5,7-9,11H,4,6,10H2,1-2H3/b5-3-. The number of amides is 2. The van der Waals surface area contributed by atoms with E-state index in [-0.39, 0.29) is 13.0 Å². The number of halogens is 3. The summed E-state index contributed by atoms with van der Waals surface area (Å²) in [5.74, 6) is -1.02. The summed E-state index contributed by atoms with van der Waals surface area (Å²) in [7, 11) is 0. The molecule has 0 N–H and O–H groups in total. The number of hydrazine groups is 1. The number of carbonyl (C=O) groups excluding carboxylic acids is 2. The molecular weight excluding hydrogens is 375 g/mol.